The number of rotatable bonds is 10. The topological polar surface area (TPSA) is 105 Å². The summed E-state index contributed by atoms with van der Waals surface area (Å²) in [5.41, 5.74) is 1.13. The molecule has 0 atom stereocenters. The fourth-order valence-electron chi connectivity index (χ4n) is 2.62. The lowest BCUT2D eigenvalue weighted by Crippen LogP contribution is -2.36. The van der Waals surface area contributed by atoms with Crippen LogP contribution in [-0.2, 0) is 4.79 Å². The molecule has 0 aliphatic carbocycles. The Morgan fingerprint density at radius 2 is 1.74 bits per heavy atom. The Kier molecular flexibility index (Phi) is 9.13. The van der Waals surface area contributed by atoms with Crippen LogP contribution in [0.25, 0.3) is 6.08 Å². The maximum Gasteiger partial charge on any atom is 0.269 e. The molecule has 0 radical (unpaired) electrons. The van der Waals surface area contributed by atoms with Crippen molar-refractivity contribution in [3.8, 4) is 0 Å². The van der Waals surface area contributed by atoms with Gasteiger partial charge in [0.1, 0.15) is 5.70 Å². The molecule has 31 heavy (non-hydrogen) atoms. The molecule has 8 nitrogen and oxygen atoms in total. The van der Waals surface area contributed by atoms with Crippen LogP contribution in [0.5, 0.6) is 0 Å². The molecule has 0 aromatic heterocycles. The molecule has 2 aromatic rings. The molecule has 2 amide bonds. The molecule has 0 bridgehead atoms. The Labute approximate surface area is 181 Å². The number of hydrogen-bond donors (Lipinski definition) is 2. The smallest absolute Gasteiger partial charge is 0.269 e. The van der Waals surface area contributed by atoms with Gasteiger partial charge in [-0.05, 0) is 50.8 Å². The second-order valence-corrected chi connectivity index (χ2v) is 7.02. The van der Waals surface area contributed by atoms with E-state index in [1.807, 2.05) is 55.4 Å². The number of nitrogens with zero attached hydrogens (tertiary/aromatic N) is 2. The van der Waals surface area contributed by atoms with Crippen molar-refractivity contribution < 1.29 is 14.5 Å². The molecule has 8 heteroatoms. The van der Waals surface area contributed by atoms with Crippen molar-refractivity contribution in [2.45, 2.75) is 6.42 Å². The van der Waals surface area contributed by atoms with Crippen LogP contribution in [0.1, 0.15) is 22.3 Å². The lowest BCUT2D eigenvalue weighted by atomic mass is 10.2. The van der Waals surface area contributed by atoms with Gasteiger partial charge in [0.25, 0.3) is 17.5 Å². The number of nitro groups is 1. The summed E-state index contributed by atoms with van der Waals surface area (Å²) >= 11 is 0. The van der Waals surface area contributed by atoms with Gasteiger partial charge in [0, 0.05) is 24.2 Å². The second kappa shape index (κ2) is 12.0. The van der Waals surface area contributed by atoms with Gasteiger partial charge in [0.15, 0.2) is 0 Å². The summed E-state index contributed by atoms with van der Waals surface area (Å²) in [6.07, 6.45) is 5.79. The van der Waals surface area contributed by atoms with Gasteiger partial charge in [0.2, 0.25) is 0 Å². The van der Waals surface area contributed by atoms with E-state index in [4.69, 9.17) is 0 Å². The third-order valence-electron chi connectivity index (χ3n) is 4.25. The minimum atomic E-state index is -0.539. The maximum absolute atomic E-state index is 12.6. The first-order valence-corrected chi connectivity index (χ1v) is 9.79. The molecule has 162 valence electrons. The van der Waals surface area contributed by atoms with E-state index in [2.05, 4.69) is 10.6 Å². The molecule has 2 aromatic carbocycles. The van der Waals surface area contributed by atoms with Crippen molar-refractivity contribution in [2.75, 3.05) is 27.2 Å². The van der Waals surface area contributed by atoms with Gasteiger partial charge in [-0.15, -0.1) is 0 Å². The number of benzene rings is 2. The predicted molar refractivity (Wildman–Crippen MR) is 120 cm³/mol. The standard InChI is InChI=1S/C23H26N4O4/c1-26(2)17-7-16-24-23(29)21(11-6-10-18-8-4-3-5-9-18)25-22(28)19-12-14-20(15-13-19)27(30)31/h3-6,8-15H,7,16-17H2,1-2H3,(H,24,29)(H,25,28). The van der Waals surface area contributed by atoms with Crippen LogP contribution in [0.3, 0.4) is 0 Å². The van der Waals surface area contributed by atoms with Crippen molar-refractivity contribution in [2.24, 2.45) is 0 Å². The van der Waals surface area contributed by atoms with Gasteiger partial charge in [-0.2, -0.15) is 0 Å². The zero-order valence-corrected chi connectivity index (χ0v) is 17.6. The van der Waals surface area contributed by atoms with E-state index in [0.717, 1.165) is 18.5 Å². The normalized spacial score (nSPS) is 11.5. The Morgan fingerprint density at radius 1 is 1.06 bits per heavy atom. The van der Waals surface area contributed by atoms with Crippen LogP contribution in [0, 0.1) is 10.1 Å². The Morgan fingerprint density at radius 3 is 2.35 bits per heavy atom. The Hall–Kier alpha value is -3.78. The number of nitrogens with one attached hydrogen (secondary N) is 2. The molecular weight excluding hydrogens is 396 g/mol. The number of allylic oxidation sites excluding steroid dienone is 2. The van der Waals surface area contributed by atoms with E-state index in [1.54, 1.807) is 6.08 Å². The van der Waals surface area contributed by atoms with Crippen LogP contribution in [0.4, 0.5) is 5.69 Å². The number of amides is 2. The zero-order valence-electron chi connectivity index (χ0n) is 17.6. The lowest BCUT2D eigenvalue weighted by Gasteiger charge is -2.12. The summed E-state index contributed by atoms with van der Waals surface area (Å²) in [7, 11) is 3.90. The van der Waals surface area contributed by atoms with Crippen molar-refractivity contribution in [3.63, 3.8) is 0 Å². The van der Waals surface area contributed by atoms with E-state index in [0.29, 0.717) is 6.54 Å². The summed E-state index contributed by atoms with van der Waals surface area (Å²) in [6.45, 7) is 1.28. The molecule has 0 aliphatic heterocycles. The summed E-state index contributed by atoms with van der Waals surface area (Å²) < 4.78 is 0. The lowest BCUT2D eigenvalue weighted by molar-refractivity contribution is -0.384. The SMILES string of the molecule is CN(C)CCCNC(=O)C(=CC=Cc1ccccc1)NC(=O)c1ccc([N+](=O)[O-])cc1. The average Bonchev–Trinajstić information content (AvgIpc) is 2.76. The van der Waals surface area contributed by atoms with Crippen molar-refractivity contribution in [1.82, 2.24) is 15.5 Å². The number of nitro benzene ring substituents is 1. The van der Waals surface area contributed by atoms with Gasteiger partial charge in [0.05, 0.1) is 4.92 Å². The van der Waals surface area contributed by atoms with E-state index < -0.39 is 16.7 Å². The van der Waals surface area contributed by atoms with Gasteiger partial charge in [-0.1, -0.05) is 42.5 Å². The van der Waals surface area contributed by atoms with Crippen molar-refractivity contribution >= 4 is 23.6 Å². The van der Waals surface area contributed by atoms with Crippen molar-refractivity contribution in [3.05, 3.63) is 93.7 Å². The molecule has 0 fully saturated rings. The van der Waals surface area contributed by atoms with Crippen LogP contribution in [0.2, 0.25) is 0 Å². The molecule has 0 spiro atoms. The zero-order chi connectivity index (χ0) is 22.6. The maximum atomic E-state index is 12.6. The first-order chi connectivity index (χ1) is 14.9. The first kappa shape index (κ1) is 23.5. The van der Waals surface area contributed by atoms with Gasteiger partial charge in [-0.25, -0.2) is 0 Å². The summed E-state index contributed by atoms with van der Waals surface area (Å²) in [6, 6.07) is 14.7. The molecule has 2 N–H and O–H groups in total. The van der Waals surface area contributed by atoms with E-state index in [1.165, 1.54) is 30.3 Å². The van der Waals surface area contributed by atoms with Gasteiger partial charge < -0.3 is 15.5 Å². The molecule has 0 aliphatic rings. The van der Waals surface area contributed by atoms with Crippen molar-refractivity contribution in [1.29, 1.82) is 0 Å². The highest BCUT2D eigenvalue weighted by Gasteiger charge is 2.15. The molecule has 0 unspecified atom stereocenters. The summed E-state index contributed by atoms with van der Waals surface area (Å²) in [5, 5.41) is 16.2. The summed E-state index contributed by atoms with van der Waals surface area (Å²) in [4.78, 5) is 37.4. The molecule has 0 saturated heterocycles. The Balaban J connectivity index is 2.12. The highest BCUT2D eigenvalue weighted by Crippen LogP contribution is 2.12. The van der Waals surface area contributed by atoms with Crippen LogP contribution in [0.15, 0.2) is 72.4 Å². The van der Waals surface area contributed by atoms with E-state index in [9.17, 15) is 19.7 Å². The quantitative estimate of drug-likeness (QED) is 0.201. The Bertz CT molecular complexity index is 951. The molecule has 0 saturated carbocycles. The van der Waals surface area contributed by atoms with E-state index >= 15 is 0 Å². The molecular formula is C23H26N4O4. The third-order valence-corrected chi connectivity index (χ3v) is 4.25. The van der Waals surface area contributed by atoms with Crippen LogP contribution in [-0.4, -0.2) is 48.8 Å². The average molecular weight is 422 g/mol. The van der Waals surface area contributed by atoms with Gasteiger partial charge >= 0.3 is 0 Å². The first-order valence-electron chi connectivity index (χ1n) is 9.79. The fraction of sp³-hybridized carbons (Fsp3) is 0.217. The minimum absolute atomic E-state index is 0.0837. The number of hydrogen-bond acceptors (Lipinski definition) is 5. The molecule has 2 rings (SSSR count). The largest absolute Gasteiger partial charge is 0.351 e. The van der Waals surface area contributed by atoms with E-state index in [-0.39, 0.29) is 16.9 Å². The van der Waals surface area contributed by atoms with Gasteiger partial charge in [-0.3, -0.25) is 19.7 Å². The van der Waals surface area contributed by atoms with Crippen LogP contribution >= 0.6 is 0 Å². The number of non-ortho nitro benzene ring substituents is 1. The highest BCUT2D eigenvalue weighted by atomic mass is 16.6. The highest BCUT2D eigenvalue weighted by molar-refractivity contribution is 6.03. The molecule has 0 heterocycles. The van der Waals surface area contributed by atoms with Crippen LogP contribution < -0.4 is 10.6 Å². The fourth-order valence-corrected chi connectivity index (χ4v) is 2.62. The third kappa shape index (κ3) is 8.23. The number of carbonyl (C=O) groups is 2. The summed E-state index contributed by atoms with van der Waals surface area (Å²) in [5.74, 6) is -0.940. The monoisotopic (exact) mass is 422 g/mol. The second-order valence-electron chi connectivity index (χ2n) is 7.02. The predicted octanol–water partition coefficient (Wildman–Crippen LogP) is 2.99. The minimum Gasteiger partial charge on any atom is -0.351 e. The number of carbonyl (C=O) groups excluding carboxylic acids is 2.